The third-order valence-corrected chi connectivity index (χ3v) is 5.98. The van der Waals surface area contributed by atoms with E-state index in [-0.39, 0.29) is 11.2 Å². The maximum atomic E-state index is 13.5. The Hall–Kier alpha value is -3.03. The summed E-state index contributed by atoms with van der Waals surface area (Å²) in [5.41, 5.74) is 2.09. The van der Waals surface area contributed by atoms with Crippen molar-refractivity contribution < 1.29 is 9.21 Å². The minimum Gasteiger partial charge on any atom is -0.450 e. The van der Waals surface area contributed by atoms with Gasteiger partial charge in [0.1, 0.15) is 10.6 Å². The summed E-state index contributed by atoms with van der Waals surface area (Å²) in [5, 5.41) is 10.3. The molecule has 3 heterocycles. The predicted molar refractivity (Wildman–Crippen MR) is 112 cm³/mol. The second kappa shape index (κ2) is 6.50. The molecule has 2 aromatic carbocycles. The highest BCUT2D eigenvalue weighted by atomic mass is 35.5. The molecule has 0 saturated heterocycles. The van der Waals surface area contributed by atoms with Crippen LogP contribution >= 0.6 is 22.9 Å². The van der Waals surface area contributed by atoms with Gasteiger partial charge in [-0.3, -0.25) is 14.5 Å². The van der Waals surface area contributed by atoms with Crippen molar-refractivity contribution in [2.24, 2.45) is 0 Å². The molecule has 1 unspecified atom stereocenters. The van der Waals surface area contributed by atoms with Crippen molar-refractivity contribution in [2.75, 3.05) is 4.90 Å². The number of carbonyl (C=O) groups is 1. The summed E-state index contributed by atoms with van der Waals surface area (Å²) in [5.74, 6) is -0.384. The van der Waals surface area contributed by atoms with E-state index in [1.54, 1.807) is 30.3 Å². The Balaban J connectivity index is 1.84. The van der Waals surface area contributed by atoms with Crippen LogP contribution in [0.3, 0.4) is 0 Å². The van der Waals surface area contributed by atoms with Crippen LogP contribution in [0.4, 0.5) is 5.13 Å². The largest absolute Gasteiger partial charge is 0.450 e. The molecule has 0 aliphatic carbocycles. The van der Waals surface area contributed by atoms with Gasteiger partial charge < -0.3 is 4.42 Å². The fourth-order valence-corrected chi connectivity index (χ4v) is 4.57. The van der Waals surface area contributed by atoms with E-state index < -0.39 is 11.9 Å². The molecule has 1 atom stereocenters. The van der Waals surface area contributed by atoms with E-state index in [0.29, 0.717) is 37.3 Å². The SMILES string of the molecule is Cc1ccc2oc3c(c(=O)c2c1)C(c1cccc(Cl)c1)N(c1nnc(C)s1)C3=O. The first-order valence-corrected chi connectivity index (χ1v) is 10.1. The standard InChI is InChI=1S/C21H14ClN3O3S/c1-10-6-7-15-14(8-10)18(26)16-17(12-4-3-5-13(22)9-12)25(20(27)19(16)28-15)21-24-23-11(2)29-21/h3-9,17H,1-2H3. The molecule has 8 heteroatoms. The number of rotatable bonds is 2. The summed E-state index contributed by atoms with van der Waals surface area (Å²) in [7, 11) is 0. The first-order valence-electron chi connectivity index (χ1n) is 8.90. The number of fused-ring (bicyclic) bond motifs is 2. The Bertz CT molecular complexity index is 1360. The summed E-state index contributed by atoms with van der Waals surface area (Å²) >= 11 is 7.49. The van der Waals surface area contributed by atoms with Gasteiger partial charge in [-0.2, -0.15) is 0 Å². The van der Waals surface area contributed by atoms with E-state index in [1.807, 2.05) is 26.0 Å². The van der Waals surface area contributed by atoms with Gasteiger partial charge in [-0.1, -0.05) is 46.7 Å². The first kappa shape index (κ1) is 18.0. The Morgan fingerprint density at radius 2 is 1.93 bits per heavy atom. The molecule has 0 radical (unpaired) electrons. The maximum Gasteiger partial charge on any atom is 0.297 e. The molecule has 6 nitrogen and oxygen atoms in total. The number of aromatic nitrogens is 2. The van der Waals surface area contributed by atoms with Gasteiger partial charge in [-0.25, -0.2) is 0 Å². The number of amides is 1. The van der Waals surface area contributed by atoms with E-state index in [1.165, 1.54) is 16.2 Å². The number of halogens is 1. The van der Waals surface area contributed by atoms with Crippen molar-refractivity contribution in [2.45, 2.75) is 19.9 Å². The fourth-order valence-electron chi connectivity index (χ4n) is 3.66. The maximum absolute atomic E-state index is 13.5. The van der Waals surface area contributed by atoms with E-state index in [2.05, 4.69) is 10.2 Å². The van der Waals surface area contributed by atoms with Crippen LogP contribution in [0.25, 0.3) is 11.0 Å². The minimum absolute atomic E-state index is 0.0316. The molecule has 0 saturated carbocycles. The monoisotopic (exact) mass is 423 g/mol. The van der Waals surface area contributed by atoms with E-state index in [4.69, 9.17) is 16.0 Å². The third-order valence-electron chi connectivity index (χ3n) is 4.91. The topological polar surface area (TPSA) is 76.3 Å². The van der Waals surface area contributed by atoms with Crippen LogP contribution < -0.4 is 10.3 Å². The Kier molecular flexibility index (Phi) is 4.04. The van der Waals surface area contributed by atoms with Crippen LogP contribution in [0.1, 0.15) is 38.3 Å². The molecule has 144 valence electrons. The zero-order chi connectivity index (χ0) is 20.3. The first-order chi connectivity index (χ1) is 13.9. The van der Waals surface area contributed by atoms with Crippen molar-refractivity contribution in [1.29, 1.82) is 0 Å². The van der Waals surface area contributed by atoms with E-state index in [9.17, 15) is 9.59 Å². The number of benzene rings is 2. The van der Waals surface area contributed by atoms with Gasteiger partial charge in [-0.15, -0.1) is 10.2 Å². The quantitative estimate of drug-likeness (QED) is 0.468. The summed E-state index contributed by atoms with van der Waals surface area (Å²) < 4.78 is 5.93. The zero-order valence-corrected chi connectivity index (χ0v) is 17.0. The average molecular weight is 424 g/mol. The van der Waals surface area contributed by atoms with Crippen LogP contribution in [0, 0.1) is 13.8 Å². The lowest BCUT2D eigenvalue weighted by molar-refractivity contribution is 0.0970. The van der Waals surface area contributed by atoms with Gasteiger partial charge in [0, 0.05) is 5.02 Å². The van der Waals surface area contributed by atoms with Gasteiger partial charge in [0.15, 0.2) is 5.43 Å². The molecule has 1 amide bonds. The molecular formula is C21H14ClN3O3S. The van der Waals surface area contributed by atoms with Gasteiger partial charge in [0.2, 0.25) is 10.9 Å². The van der Waals surface area contributed by atoms with Crippen LogP contribution in [0.15, 0.2) is 51.7 Å². The van der Waals surface area contributed by atoms with Crippen molar-refractivity contribution in [3.8, 4) is 0 Å². The second-order valence-corrected chi connectivity index (χ2v) is 8.51. The zero-order valence-electron chi connectivity index (χ0n) is 15.5. The molecule has 0 bridgehead atoms. The second-order valence-electron chi connectivity index (χ2n) is 6.91. The number of anilines is 1. The lowest BCUT2D eigenvalue weighted by Gasteiger charge is -2.22. The third kappa shape index (κ3) is 2.77. The van der Waals surface area contributed by atoms with Crippen LogP contribution in [0.5, 0.6) is 0 Å². The molecule has 4 aromatic rings. The summed E-state index contributed by atoms with van der Waals surface area (Å²) in [6, 6.07) is 11.8. The van der Waals surface area contributed by atoms with Crippen molar-refractivity contribution >= 4 is 44.9 Å². The molecule has 29 heavy (non-hydrogen) atoms. The van der Waals surface area contributed by atoms with E-state index >= 15 is 0 Å². The molecule has 5 rings (SSSR count). The Morgan fingerprint density at radius 3 is 2.66 bits per heavy atom. The smallest absolute Gasteiger partial charge is 0.297 e. The lowest BCUT2D eigenvalue weighted by Crippen LogP contribution is -2.29. The summed E-state index contributed by atoms with van der Waals surface area (Å²) in [4.78, 5) is 28.3. The van der Waals surface area contributed by atoms with Crippen LogP contribution in [0.2, 0.25) is 5.02 Å². The van der Waals surface area contributed by atoms with Gasteiger partial charge in [-0.05, 0) is 43.7 Å². The highest BCUT2D eigenvalue weighted by molar-refractivity contribution is 7.15. The highest BCUT2D eigenvalue weighted by Gasteiger charge is 2.45. The van der Waals surface area contributed by atoms with Crippen molar-refractivity contribution in [1.82, 2.24) is 10.2 Å². The molecule has 1 aliphatic rings. The molecule has 0 fully saturated rings. The number of nitrogens with zero attached hydrogens (tertiary/aromatic N) is 3. The number of carbonyl (C=O) groups excluding carboxylic acids is 1. The van der Waals surface area contributed by atoms with Crippen molar-refractivity contribution in [3.63, 3.8) is 0 Å². The number of hydrogen-bond donors (Lipinski definition) is 0. The molecule has 0 N–H and O–H groups in total. The molecular weight excluding hydrogens is 410 g/mol. The summed E-state index contributed by atoms with van der Waals surface area (Å²) in [6.45, 7) is 3.71. The number of aryl methyl sites for hydroxylation is 2. The minimum atomic E-state index is -0.690. The molecule has 1 aliphatic heterocycles. The van der Waals surface area contributed by atoms with E-state index in [0.717, 1.165) is 5.56 Å². The Morgan fingerprint density at radius 1 is 1.10 bits per heavy atom. The molecule has 0 spiro atoms. The van der Waals surface area contributed by atoms with Gasteiger partial charge in [0.25, 0.3) is 5.91 Å². The summed E-state index contributed by atoms with van der Waals surface area (Å²) in [6.07, 6.45) is 0. The highest BCUT2D eigenvalue weighted by Crippen LogP contribution is 2.42. The van der Waals surface area contributed by atoms with Gasteiger partial charge in [0.05, 0.1) is 17.0 Å². The average Bonchev–Trinajstić information content (AvgIpc) is 3.24. The fraction of sp³-hybridized carbons (Fsp3) is 0.143. The van der Waals surface area contributed by atoms with Crippen LogP contribution in [-0.2, 0) is 0 Å². The van der Waals surface area contributed by atoms with Crippen LogP contribution in [-0.4, -0.2) is 16.1 Å². The number of hydrogen-bond acceptors (Lipinski definition) is 6. The van der Waals surface area contributed by atoms with Gasteiger partial charge >= 0.3 is 0 Å². The molecule has 2 aromatic heterocycles. The van der Waals surface area contributed by atoms with Crippen molar-refractivity contribution in [3.05, 3.63) is 85.2 Å². The normalized spacial score (nSPS) is 15.9. The predicted octanol–water partition coefficient (Wildman–Crippen LogP) is 4.66. The lowest BCUT2D eigenvalue weighted by atomic mass is 9.98. The Labute approximate surface area is 174 Å².